The lowest BCUT2D eigenvalue weighted by molar-refractivity contribution is 0.502. The number of hydrogen-bond donors (Lipinski definition) is 0. The highest BCUT2D eigenvalue weighted by Crippen LogP contribution is 2.46. The molecule has 2 atom stereocenters. The van der Waals surface area contributed by atoms with E-state index in [2.05, 4.69) is 145 Å². The van der Waals surface area contributed by atoms with Crippen molar-refractivity contribution in [3.63, 3.8) is 0 Å². The van der Waals surface area contributed by atoms with Crippen molar-refractivity contribution in [1.82, 2.24) is 15.0 Å². The summed E-state index contributed by atoms with van der Waals surface area (Å²) in [7, 11) is 0. The third-order valence-electron chi connectivity index (χ3n) is 10.8. The molecule has 1 aliphatic heterocycles. The fraction of sp³-hybridized carbons (Fsp3) is 0.0417. The van der Waals surface area contributed by atoms with Gasteiger partial charge in [-0.3, -0.25) is 4.99 Å². The number of aromatic nitrogens is 3. The average Bonchev–Trinajstić information content (AvgIpc) is 3.63. The number of aliphatic imine (C=N–C) groups is 1. The topological polar surface area (TPSA) is 64.2 Å². The first-order chi connectivity index (χ1) is 26.3. The van der Waals surface area contributed by atoms with Crippen LogP contribution in [0.5, 0.6) is 0 Å². The molecule has 0 spiro atoms. The zero-order valence-electron chi connectivity index (χ0n) is 28.5. The van der Waals surface area contributed by atoms with Crippen LogP contribution >= 0.6 is 0 Å². The van der Waals surface area contributed by atoms with Crippen molar-refractivity contribution in [3.8, 4) is 45.3 Å². The number of benzene rings is 7. The third-order valence-corrected chi connectivity index (χ3v) is 10.8. The van der Waals surface area contributed by atoms with Crippen molar-refractivity contribution in [2.45, 2.75) is 5.92 Å². The van der Waals surface area contributed by atoms with Gasteiger partial charge in [-0.1, -0.05) is 140 Å². The summed E-state index contributed by atoms with van der Waals surface area (Å²) >= 11 is 0. The lowest BCUT2D eigenvalue weighted by Crippen LogP contribution is -2.15. The molecule has 0 N–H and O–H groups in total. The van der Waals surface area contributed by atoms with Crippen LogP contribution in [0.3, 0.4) is 0 Å². The van der Waals surface area contributed by atoms with Crippen LogP contribution in [-0.4, -0.2) is 21.2 Å². The Balaban J connectivity index is 1.13. The van der Waals surface area contributed by atoms with Crippen LogP contribution in [0, 0.1) is 5.92 Å². The first kappa shape index (κ1) is 29.7. The Morgan fingerprint density at radius 1 is 0.491 bits per heavy atom. The molecule has 0 fully saturated rings. The van der Waals surface area contributed by atoms with Gasteiger partial charge in [-0.15, -0.1) is 0 Å². The van der Waals surface area contributed by atoms with Crippen molar-refractivity contribution in [2.24, 2.45) is 10.9 Å². The molecule has 0 saturated heterocycles. The number of rotatable bonds is 4. The van der Waals surface area contributed by atoms with Gasteiger partial charge in [0.15, 0.2) is 17.5 Å². The van der Waals surface area contributed by atoms with Gasteiger partial charge in [-0.25, -0.2) is 15.0 Å². The molecule has 9 aromatic rings. The van der Waals surface area contributed by atoms with Crippen molar-refractivity contribution in [3.05, 3.63) is 169 Å². The maximum atomic E-state index is 6.60. The second-order valence-corrected chi connectivity index (χ2v) is 13.7. The highest BCUT2D eigenvalue weighted by atomic mass is 16.3. The minimum atomic E-state index is 0.142. The first-order valence-corrected chi connectivity index (χ1v) is 18.0. The van der Waals surface area contributed by atoms with Gasteiger partial charge in [-0.2, -0.15) is 0 Å². The number of hydrogen-bond acceptors (Lipinski definition) is 5. The first-order valence-electron chi connectivity index (χ1n) is 18.0. The van der Waals surface area contributed by atoms with Gasteiger partial charge in [0.25, 0.3) is 0 Å². The molecule has 53 heavy (non-hydrogen) atoms. The molecule has 0 radical (unpaired) electrons. The molecule has 2 aromatic heterocycles. The van der Waals surface area contributed by atoms with Crippen LogP contribution in [0.1, 0.15) is 17.2 Å². The van der Waals surface area contributed by atoms with Gasteiger partial charge in [-0.05, 0) is 61.6 Å². The summed E-state index contributed by atoms with van der Waals surface area (Å²) in [5, 5.41) is 7.95. The minimum absolute atomic E-state index is 0.142. The number of nitrogens with zero attached hydrogens (tertiary/aromatic N) is 4. The van der Waals surface area contributed by atoms with Crippen LogP contribution in [0.25, 0.3) is 94.7 Å². The van der Waals surface area contributed by atoms with E-state index in [1.807, 2.05) is 30.6 Å². The largest absolute Gasteiger partial charge is 0.460 e. The van der Waals surface area contributed by atoms with E-state index in [0.29, 0.717) is 17.5 Å². The summed E-state index contributed by atoms with van der Waals surface area (Å²) in [4.78, 5) is 20.0. The zero-order chi connectivity index (χ0) is 34.9. The second kappa shape index (κ2) is 11.8. The Morgan fingerprint density at radius 2 is 1.15 bits per heavy atom. The second-order valence-electron chi connectivity index (χ2n) is 13.7. The summed E-state index contributed by atoms with van der Waals surface area (Å²) in [6.45, 7) is 0. The average molecular weight is 679 g/mol. The van der Waals surface area contributed by atoms with Crippen molar-refractivity contribution < 1.29 is 4.42 Å². The molecule has 248 valence electrons. The van der Waals surface area contributed by atoms with Crippen LogP contribution in [0.15, 0.2) is 167 Å². The van der Waals surface area contributed by atoms with E-state index in [4.69, 9.17) is 19.4 Å². The standard InChI is InChI=1S/C48H30N4O/c1-2-11-29(12-3-1)46-50-47(52-48(51-46)42-27-30-13-4-5-14-32(30)34-15-6-9-18-37(34)42)40-24-23-38(35-16-7-8-17-36(35)40)39-19-10-20-43-44(39)41-22-21-31-28-49-26-25-33(31)45(41)53-43/h1-28,31,33H. The van der Waals surface area contributed by atoms with E-state index in [1.54, 1.807) is 0 Å². The third kappa shape index (κ3) is 4.71. The quantitative estimate of drug-likeness (QED) is 0.174. The molecule has 0 bridgehead atoms. The van der Waals surface area contributed by atoms with Crippen LogP contribution in [0.2, 0.25) is 0 Å². The van der Waals surface area contributed by atoms with Crippen LogP contribution in [0.4, 0.5) is 0 Å². The molecule has 5 heteroatoms. The maximum Gasteiger partial charge on any atom is 0.164 e. The lowest BCUT2D eigenvalue weighted by Gasteiger charge is -2.22. The summed E-state index contributed by atoms with van der Waals surface area (Å²) < 4.78 is 6.60. The van der Waals surface area contributed by atoms with Gasteiger partial charge in [0.2, 0.25) is 0 Å². The fourth-order valence-corrected chi connectivity index (χ4v) is 8.28. The van der Waals surface area contributed by atoms with Gasteiger partial charge in [0.05, 0.1) is 0 Å². The predicted octanol–water partition coefficient (Wildman–Crippen LogP) is 12.1. The highest BCUT2D eigenvalue weighted by Gasteiger charge is 2.31. The van der Waals surface area contributed by atoms with E-state index in [9.17, 15) is 0 Å². The minimum Gasteiger partial charge on any atom is -0.460 e. The maximum absolute atomic E-state index is 6.60. The van der Waals surface area contributed by atoms with Gasteiger partial charge in [0.1, 0.15) is 11.3 Å². The SMILES string of the molecule is C1=CC2c3oc4cccc(-c5ccc(-c6nc(-c7ccccc7)nc(-c7cc8ccccc8c8ccccc78)n6)c6ccccc56)c4c3C=CC2C=N1. The summed E-state index contributed by atoms with van der Waals surface area (Å²) in [6, 6.07) is 48.7. The molecule has 11 rings (SSSR count). The molecule has 7 aromatic carbocycles. The Bertz CT molecular complexity index is 3030. The normalized spacial score (nSPS) is 16.1. The monoisotopic (exact) mass is 678 g/mol. The Morgan fingerprint density at radius 3 is 1.98 bits per heavy atom. The highest BCUT2D eigenvalue weighted by molar-refractivity contribution is 6.14. The number of furan rings is 1. The van der Waals surface area contributed by atoms with Crippen molar-refractivity contribution >= 4 is 55.6 Å². The summed E-state index contributed by atoms with van der Waals surface area (Å²) in [5.41, 5.74) is 7.16. The molecular formula is C48H30N4O. The lowest BCUT2D eigenvalue weighted by atomic mass is 9.82. The zero-order valence-corrected chi connectivity index (χ0v) is 28.5. The van der Waals surface area contributed by atoms with E-state index in [0.717, 1.165) is 71.7 Å². The Kier molecular flexibility index (Phi) is 6.61. The molecule has 5 nitrogen and oxygen atoms in total. The summed E-state index contributed by atoms with van der Waals surface area (Å²) in [5.74, 6) is 3.25. The summed E-state index contributed by atoms with van der Waals surface area (Å²) in [6.07, 6.45) is 10.5. The van der Waals surface area contributed by atoms with Crippen LogP contribution in [-0.2, 0) is 0 Å². The van der Waals surface area contributed by atoms with Gasteiger partial charge >= 0.3 is 0 Å². The molecule has 0 saturated carbocycles. The molecule has 3 heterocycles. The molecule has 0 amide bonds. The number of allylic oxidation sites excluding steroid dienone is 2. The van der Waals surface area contributed by atoms with E-state index in [1.165, 1.54) is 10.8 Å². The van der Waals surface area contributed by atoms with Crippen LogP contribution < -0.4 is 0 Å². The van der Waals surface area contributed by atoms with E-state index in [-0.39, 0.29) is 11.8 Å². The Hall–Kier alpha value is -6.98. The van der Waals surface area contributed by atoms with Crippen molar-refractivity contribution in [2.75, 3.05) is 0 Å². The van der Waals surface area contributed by atoms with Gasteiger partial charge in [0, 0.05) is 51.9 Å². The van der Waals surface area contributed by atoms with Gasteiger partial charge < -0.3 is 4.42 Å². The van der Waals surface area contributed by atoms with Crippen molar-refractivity contribution in [1.29, 1.82) is 0 Å². The smallest absolute Gasteiger partial charge is 0.164 e. The molecular weight excluding hydrogens is 649 g/mol. The molecule has 2 aliphatic rings. The fourth-order valence-electron chi connectivity index (χ4n) is 8.28. The predicted molar refractivity (Wildman–Crippen MR) is 217 cm³/mol. The molecule has 2 unspecified atom stereocenters. The number of fused-ring (bicyclic) bond motifs is 9. The van der Waals surface area contributed by atoms with E-state index < -0.39 is 0 Å². The molecule has 1 aliphatic carbocycles. The Labute approximate surface area is 305 Å². The van der Waals surface area contributed by atoms with E-state index >= 15 is 0 Å².